The van der Waals surface area contributed by atoms with Crippen molar-refractivity contribution in [3.05, 3.63) is 0 Å². The number of esters is 1. The van der Waals surface area contributed by atoms with E-state index in [1.54, 1.807) is 0 Å². The first-order valence-corrected chi connectivity index (χ1v) is 6.33. The van der Waals surface area contributed by atoms with Crippen LogP contribution in [0, 0.1) is 5.92 Å². The number of rotatable bonds is 6. The lowest BCUT2D eigenvalue weighted by molar-refractivity contribution is -0.149. The van der Waals surface area contributed by atoms with Gasteiger partial charge in [0.25, 0.3) is 0 Å². The van der Waals surface area contributed by atoms with Crippen LogP contribution in [0.25, 0.3) is 0 Å². The molecule has 2 atom stereocenters. The second kappa shape index (κ2) is 6.86. The number of hydrogen-bond acceptors (Lipinski definition) is 4. The molecule has 0 aromatic carbocycles. The zero-order valence-corrected chi connectivity index (χ0v) is 10.4. The van der Waals surface area contributed by atoms with E-state index in [1.807, 2.05) is 6.92 Å². The monoisotopic (exact) mass is 228 g/mol. The van der Waals surface area contributed by atoms with Crippen LogP contribution in [0.15, 0.2) is 0 Å². The van der Waals surface area contributed by atoms with E-state index in [0.29, 0.717) is 12.5 Å². The Balaban J connectivity index is 2.53. The molecule has 0 saturated carbocycles. The summed E-state index contributed by atoms with van der Waals surface area (Å²) in [5.74, 6) is 0.482. The van der Waals surface area contributed by atoms with Crippen LogP contribution in [0.5, 0.6) is 0 Å². The molecule has 0 amide bonds. The summed E-state index contributed by atoms with van der Waals surface area (Å²) < 4.78 is 5.13. The summed E-state index contributed by atoms with van der Waals surface area (Å²) in [7, 11) is 0. The molecule has 0 radical (unpaired) electrons. The van der Waals surface area contributed by atoms with Crippen LogP contribution in [-0.4, -0.2) is 43.2 Å². The third kappa shape index (κ3) is 3.46. The molecule has 1 fully saturated rings. The van der Waals surface area contributed by atoms with Crippen molar-refractivity contribution in [2.45, 2.75) is 39.2 Å². The van der Waals surface area contributed by atoms with Gasteiger partial charge in [0.1, 0.15) is 6.04 Å². The van der Waals surface area contributed by atoms with Gasteiger partial charge in [0, 0.05) is 6.54 Å². The van der Waals surface area contributed by atoms with Gasteiger partial charge < -0.3 is 10.5 Å². The maximum Gasteiger partial charge on any atom is 0.323 e. The lowest BCUT2D eigenvalue weighted by atomic mass is 10.1. The third-order valence-corrected chi connectivity index (χ3v) is 3.21. The largest absolute Gasteiger partial charge is 0.465 e. The number of nitrogens with two attached hydrogens (primary N) is 1. The average molecular weight is 228 g/mol. The summed E-state index contributed by atoms with van der Waals surface area (Å²) in [6.45, 7) is 7.06. The fraction of sp³-hybridized carbons (Fsp3) is 0.917. The minimum atomic E-state index is -0.0676. The van der Waals surface area contributed by atoms with Gasteiger partial charge in [-0.3, -0.25) is 9.69 Å². The van der Waals surface area contributed by atoms with Gasteiger partial charge in [-0.2, -0.15) is 0 Å². The van der Waals surface area contributed by atoms with Gasteiger partial charge in [0.15, 0.2) is 0 Å². The lowest BCUT2D eigenvalue weighted by Gasteiger charge is -2.25. The lowest BCUT2D eigenvalue weighted by Crippen LogP contribution is -2.41. The van der Waals surface area contributed by atoms with Gasteiger partial charge in [-0.25, -0.2) is 0 Å². The highest BCUT2D eigenvalue weighted by molar-refractivity contribution is 5.75. The Bertz CT molecular complexity index is 221. The molecule has 1 aliphatic rings. The van der Waals surface area contributed by atoms with Gasteiger partial charge in [-0.1, -0.05) is 13.3 Å². The fourth-order valence-corrected chi connectivity index (χ4v) is 2.30. The molecule has 94 valence electrons. The maximum atomic E-state index is 11.8. The molecule has 1 heterocycles. The van der Waals surface area contributed by atoms with Gasteiger partial charge in [0.05, 0.1) is 6.61 Å². The normalized spacial score (nSPS) is 23.3. The first kappa shape index (κ1) is 13.5. The number of likely N-dealkylation sites (tertiary alicyclic amines) is 1. The van der Waals surface area contributed by atoms with Gasteiger partial charge >= 0.3 is 5.97 Å². The molecule has 1 saturated heterocycles. The molecular weight excluding hydrogens is 204 g/mol. The number of carbonyl (C=O) groups excluding carboxylic acids is 1. The van der Waals surface area contributed by atoms with E-state index in [4.69, 9.17) is 10.5 Å². The van der Waals surface area contributed by atoms with Crippen LogP contribution < -0.4 is 5.73 Å². The first-order chi connectivity index (χ1) is 7.72. The van der Waals surface area contributed by atoms with Crippen LogP contribution >= 0.6 is 0 Å². The minimum Gasteiger partial charge on any atom is -0.465 e. The highest BCUT2D eigenvalue weighted by Gasteiger charge is 2.31. The highest BCUT2D eigenvalue weighted by Crippen LogP contribution is 2.20. The zero-order chi connectivity index (χ0) is 12.0. The summed E-state index contributed by atoms with van der Waals surface area (Å²) in [5.41, 5.74) is 5.66. The molecule has 0 aromatic rings. The van der Waals surface area contributed by atoms with Crippen molar-refractivity contribution < 1.29 is 9.53 Å². The molecular formula is C12H24N2O2. The van der Waals surface area contributed by atoms with E-state index < -0.39 is 0 Å². The van der Waals surface area contributed by atoms with E-state index >= 15 is 0 Å². The number of hydrogen-bond donors (Lipinski definition) is 1. The first-order valence-electron chi connectivity index (χ1n) is 6.33. The smallest absolute Gasteiger partial charge is 0.323 e. The summed E-state index contributed by atoms with van der Waals surface area (Å²) in [4.78, 5) is 14.1. The van der Waals surface area contributed by atoms with Crippen molar-refractivity contribution in [1.29, 1.82) is 0 Å². The molecule has 16 heavy (non-hydrogen) atoms. The van der Waals surface area contributed by atoms with Crippen molar-refractivity contribution in [1.82, 2.24) is 4.90 Å². The Morgan fingerprint density at radius 1 is 1.56 bits per heavy atom. The van der Waals surface area contributed by atoms with Crippen molar-refractivity contribution in [2.24, 2.45) is 11.7 Å². The van der Waals surface area contributed by atoms with E-state index in [9.17, 15) is 4.79 Å². The predicted octanol–water partition coefficient (Wildman–Crippen LogP) is 0.999. The number of nitrogens with zero attached hydrogens (tertiary/aromatic N) is 1. The summed E-state index contributed by atoms with van der Waals surface area (Å²) in [5, 5.41) is 0. The molecule has 4 nitrogen and oxygen atoms in total. The molecule has 2 unspecified atom stereocenters. The molecule has 2 N–H and O–H groups in total. The Morgan fingerprint density at radius 3 is 2.81 bits per heavy atom. The van der Waals surface area contributed by atoms with Crippen molar-refractivity contribution >= 4 is 5.97 Å². The topological polar surface area (TPSA) is 55.6 Å². The van der Waals surface area contributed by atoms with Crippen LogP contribution in [0.3, 0.4) is 0 Å². The van der Waals surface area contributed by atoms with Gasteiger partial charge in [-0.05, 0) is 38.8 Å². The third-order valence-electron chi connectivity index (χ3n) is 3.21. The average Bonchev–Trinajstić information content (AvgIpc) is 2.74. The number of carbonyl (C=O) groups is 1. The van der Waals surface area contributed by atoms with Gasteiger partial charge in [-0.15, -0.1) is 0 Å². The maximum absolute atomic E-state index is 11.8. The molecule has 0 aliphatic carbocycles. The summed E-state index contributed by atoms with van der Waals surface area (Å²) in [6.07, 6.45) is 3.00. The summed E-state index contributed by atoms with van der Waals surface area (Å²) >= 11 is 0. The van der Waals surface area contributed by atoms with Gasteiger partial charge in [0.2, 0.25) is 0 Å². The standard InChI is InChI=1S/C12H24N2O2/c1-3-5-11(12(15)16-4-2)14-7-6-10(8-13)9-14/h10-11H,3-9,13H2,1-2H3. The van der Waals surface area contributed by atoms with Crippen LogP contribution in [0.2, 0.25) is 0 Å². The molecule has 1 aliphatic heterocycles. The molecule has 1 rings (SSSR count). The van der Waals surface area contributed by atoms with Crippen molar-refractivity contribution in [2.75, 3.05) is 26.2 Å². The van der Waals surface area contributed by atoms with Crippen LogP contribution in [0.1, 0.15) is 33.1 Å². The Hall–Kier alpha value is -0.610. The van der Waals surface area contributed by atoms with Crippen molar-refractivity contribution in [3.8, 4) is 0 Å². The zero-order valence-electron chi connectivity index (χ0n) is 10.4. The fourth-order valence-electron chi connectivity index (χ4n) is 2.30. The van der Waals surface area contributed by atoms with E-state index in [1.165, 1.54) is 0 Å². The Kier molecular flexibility index (Phi) is 5.77. The Labute approximate surface area is 98.1 Å². The SMILES string of the molecule is CCCC(C(=O)OCC)N1CCC(CN)C1. The number of ether oxygens (including phenoxy) is 1. The van der Waals surface area contributed by atoms with E-state index in [0.717, 1.165) is 38.9 Å². The van der Waals surface area contributed by atoms with E-state index in [-0.39, 0.29) is 12.0 Å². The molecule has 0 bridgehead atoms. The minimum absolute atomic E-state index is 0.0542. The van der Waals surface area contributed by atoms with E-state index in [2.05, 4.69) is 11.8 Å². The van der Waals surface area contributed by atoms with Crippen LogP contribution in [-0.2, 0) is 9.53 Å². The highest BCUT2D eigenvalue weighted by atomic mass is 16.5. The molecule has 4 heteroatoms. The second-order valence-electron chi connectivity index (χ2n) is 4.44. The predicted molar refractivity (Wildman–Crippen MR) is 64.1 cm³/mol. The molecule has 0 aromatic heterocycles. The Morgan fingerprint density at radius 2 is 2.31 bits per heavy atom. The van der Waals surface area contributed by atoms with Crippen molar-refractivity contribution in [3.63, 3.8) is 0 Å². The summed E-state index contributed by atoms with van der Waals surface area (Å²) in [6, 6.07) is -0.0542. The van der Waals surface area contributed by atoms with Crippen LogP contribution in [0.4, 0.5) is 0 Å². The second-order valence-corrected chi connectivity index (χ2v) is 4.44. The quantitative estimate of drug-likeness (QED) is 0.689. The molecule has 0 spiro atoms.